The second kappa shape index (κ2) is 7.99. The van der Waals surface area contributed by atoms with E-state index in [1.165, 1.54) is 25.7 Å². The summed E-state index contributed by atoms with van der Waals surface area (Å²) in [6.07, 6.45) is 4.87. The zero-order valence-corrected chi connectivity index (χ0v) is 11.3. The molecule has 96 valence electrons. The van der Waals surface area contributed by atoms with Gasteiger partial charge < -0.3 is 10.1 Å². The van der Waals surface area contributed by atoms with Crippen LogP contribution in [0, 0.1) is 0 Å². The molecule has 1 rings (SSSR count). The first-order valence-corrected chi connectivity index (χ1v) is 6.80. The average Bonchev–Trinajstić information content (AvgIpc) is 2.33. The highest BCUT2D eigenvalue weighted by molar-refractivity contribution is 5.56. The first kappa shape index (κ1) is 13.9. The molecule has 0 radical (unpaired) electrons. The molecule has 1 N–H and O–H groups in total. The number of anilines is 1. The highest BCUT2D eigenvalue weighted by atomic mass is 16.5. The van der Waals surface area contributed by atoms with Gasteiger partial charge in [-0.2, -0.15) is 0 Å². The van der Waals surface area contributed by atoms with Crippen LogP contribution >= 0.6 is 0 Å². The maximum Gasteiger partial charge on any atom is 0.142 e. The number of benzene rings is 1. The Morgan fingerprint density at radius 2 is 1.71 bits per heavy atom. The van der Waals surface area contributed by atoms with Crippen LogP contribution in [0.1, 0.15) is 46.5 Å². The quantitative estimate of drug-likeness (QED) is 0.718. The second-order valence-electron chi connectivity index (χ2n) is 4.35. The molecule has 1 aromatic carbocycles. The van der Waals surface area contributed by atoms with E-state index in [0.717, 1.165) is 11.4 Å². The highest BCUT2D eigenvalue weighted by Crippen LogP contribution is 2.25. The van der Waals surface area contributed by atoms with E-state index >= 15 is 0 Å². The van der Waals surface area contributed by atoms with Crippen LogP contribution in [0.5, 0.6) is 5.75 Å². The Morgan fingerprint density at radius 1 is 1.06 bits per heavy atom. The predicted molar refractivity (Wildman–Crippen MR) is 74.8 cm³/mol. The van der Waals surface area contributed by atoms with Crippen LogP contribution in [0.15, 0.2) is 24.3 Å². The number of nitrogens with one attached hydrogen (secondary N) is 1. The van der Waals surface area contributed by atoms with E-state index in [2.05, 4.69) is 31.3 Å². The van der Waals surface area contributed by atoms with E-state index in [0.29, 0.717) is 12.6 Å². The Bertz CT molecular complexity index is 306. The summed E-state index contributed by atoms with van der Waals surface area (Å²) < 4.78 is 5.63. The van der Waals surface area contributed by atoms with Crippen molar-refractivity contribution in [1.82, 2.24) is 0 Å². The molecule has 0 amide bonds. The van der Waals surface area contributed by atoms with Gasteiger partial charge in [-0.1, -0.05) is 38.8 Å². The molecule has 0 saturated heterocycles. The summed E-state index contributed by atoms with van der Waals surface area (Å²) in [6.45, 7) is 7.20. The molecule has 0 atom stereocenters. The van der Waals surface area contributed by atoms with E-state index in [4.69, 9.17) is 4.74 Å². The Labute approximate surface area is 105 Å². The van der Waals surface area contributed by atoms with Gasteiger partial charge in [0.1, 0.15) is 5.75 Å². The summed E-state index contributed by atoms with van der Waals surface area (Å²) in [5, 5.41) is 3.61. The number of rotatable bonds is 8. The molecule has 2 heteroatoms. The Morgan fingerprint density at radius 3 is 2.29 bits per heavy atom. The molecule has 0 bridgehead atoms. The lowest BCUT2D eigenvalue weighted by molar-refractivity contribution is 0.341. The Kier molecular flexibility index (Phi) is 6.53. The highest BCUT2D eigenvalue weighted by Gasteiger charge is 2.09. The van der Waals surface area contributed by atoms with Crippen molar-refractivity contribution in [1.29, 1.82) is 0 Å². The zero-order chi connectivity index (χ0) is 12.5. The van der Waals surface area contributed by atoms with Gasteiger partial charge in [-0.3, -0.25) is 0 Å². The van der Waals surface area contributed by atoms with Crippen molar-refractivity contribution in [3.63, 3.8) is 0 Å². The van der Waals surface area contributed by atoms with Crippen molar-refractivity contribution >= 4 is 5.69 Å². The number of ether oxygens (including phenoxy) is 1. The smallest absolute Gasteiger partial charge is 0.142 e. The minimum absolute atomic E-state index is 0.562. The molecule has 0 spiro atoms. The van der Waals surface area contributed by atoms with Gasteiger partial charge in [0.25, 0.3) is 0 Å². The van der Waals surface area contributed by atoms with Crippen LogP contribution < -0.4 is 10.1 Å². The summed E-state index contributed by atoms with van der Waals surface area (Å²) >= 11 is 0. The molecule has 0 aromatic heterocycles. The van der Waals surface area contributed by atoms with Crippen molar-refractivity contribution in [2.75, 3.05) is 11.9 Å². The van der Waals surface area contributed by atoms with Gasteiger partial charge >= 0.3 is 0 Å². The van der Waals surface area contributed by atoms with Crippen LogP contribution in [-0.2, 0) is 0 Å². The first-order chi connectivity index (χ1) is 8.31. The Hall–Kier alpha value is -1.18. The number of para-hydroxylation sites is 2. The van der Waals surface area contributed by atoms with E-state index in [-0.39, 0.29) is 0 Å². The van der Waals surface area contributed by atoms with E-state index in [9.17, 15) is 0 Å². The summed E-state index contributed by atoms with van der Waals surface area (Å²) in [7, 11) is 0. The molecule has 0 unspecified atom stereocenters. The summed E-state index contributed by atoms with van der Waals surface area (Å²) in [6, 6.07) is 8.76. The molecule has 0 fully saturated rings. The van der Waals surface area contributed by atoms with Crippen molar-refractivity contribution in [3.8, 4) is 5.75 Å². The van der Waals surface area contributed by atoms with Crippen LogP contribution in [0.4, 0.5) is 5.69 Å². The van der Waals surface area contributed by atoms with Crippen LogP contribution in [0.3, 0.4) is 0 Å². The summed E-state index contributed by atoms with van der Waals surface area (Å²) in [5.41, 5.74) is 1.13. The van der Waals surface area contributed by atoms with E-state index in [1.807, 2.05) is 19.1 Å². The first-order valence-electron chi connectivity index (χ1n) is 6.80. The fraction of sp³-hybridized carbons (Fsp3) is 0.600. The summed E-state index contributed by atoms with van der Waals surface area (Å²) in [5.74, 6) is 0.965. The zero-order valence-electron chi connectivity index (χ0n) is 11.3. The molecular weight excluding hydrogens is 210 g/mol. The van der Waals surface area contributed by atoms with Crippen LogP contribution in [-0.4, -0.2) is 12.6 Å². The molecular formula is C15H25NO. The third kappa shape index (κ3) is 4.68. The molecule has 0 aliphatic heterocycles. The van der Waals surface area contributed by atoms with E-state index < -0.39 is 0 Å². The largest absolute Gasteiger partial charge is 0.492 e. The van der Waals surface area contributed by atoms with Gasteiger partial charge in [0, 0.05) is 6.04 Å². The Balaban J connectivity index is 2.69. The average molecular weight is 235 g/mol. The van der Waals surface area contributed by atoms with Gasteiger partial charge in [0.2, 0.25) is 0 Å². The third-order valence-corrected chi connectivity index (χ3v) is 2.82. The summed E-state index contributed by atoms with van der Waals surface area (Å²) in [4.78, 5) is 0. The minimum Gasteiger partial charge on any atom is -0.492 e. The van der Waals surface area contributed by atoms with Crippen LogP contribution in [0.2, 0.25) is 0 Å². The van der Waals surface area contributed by atoms with Gasteiger partial charge in [-0.05, 0) is 31.9 Å². The van der Waals surface area contributed by atoms with E-state index in [1.54, 1.807) is 0 Å². The monoisotopic (exact) mass is 235 g/mol. The maximum atomic E-state index is 5.63. The third-order valence-electron chi connectivity index (χ3n) is 2.82. The van der Waals surface area contributed by atoms with Gasteiger partial charge in [0.05, 0.1) is 12.3 Å². The van der Waals surface area contributed by atoms with Crippen molar-refractivity contribution in [2.24, 2.45) is 0 Å². The topological polar surface area (TPSA) is 21.3 Å². The fourth-order valence-corrected chi connectivity index (χ4v) is 2.07. The van der Waals surface area contributed by atoms with Crippen molar-refractivity contribution < 1.29 is 4.74 Å². The lowest BCUT2D eigenvalue weighted by Crippen LogP contribution is -2.19. The predicted octanol–water partition coefficient (Wildman–Crippen LogP) is 4.47. The minimum atomic E-state index is 0.562. The number of hydrogen-bond acceptors (Lipinski definition) is 2. The fourth-order valence-electron chi connectivity index (χ4n) is 2.07. The van der Waals surface area contributed by atoms with Crippen molar-refractivity contribution in [2.45, 2.75) is 52.5 Å². The molecule has 0 aliphatic rings. The van der Waals surface area contributed by atoms with Crippen LogP contribution in [0.25, 0.3) is 0 Å². The normalized spacial score (nSPS) is 10.6. The molecule has 0 aliphatic carbocycles. The lowest BCUT2D eigenvalue weighted by Gasteiger charge is -2.20. The second-order valence-corrected chi connectivity index (χ2v) is 4.35. The molecule has 0 heterocycles. The van der Waals surface area contributed by atoms with Crippen molar-refractivity contribution in [3.05, 3.63) is 24.3 Å². The van der Waals surface area contributed by atoms with Gasteiger partial charge in [-0.25, -0.2) is 0 Å². The molecule has 0 saturated carbocycles. The number of hydrogen-bond donors (Lipinski definition) is 1. The van der Waals surface area contributed by atoms with Gasteiger partial charge in [0.15, 0.2) is 0 Å². The molecule has 1 aromatic rings. The standard InChI is InChI=1S/C15H25NO/c1-4-9-13(10-5-2)16-14-11-7-8-12-15(14)17-6-3/h7-8,11-13,16H,4-6,9-10H2,1-3H3. The molecule has 17 heavy (non-hydrogen) atoms. The maximum absolute atomic E-state index is 5.63. The lowest BCUT2D eigenvalue weighted by atomic mass is 10.1. The molecule has 2 nitrogen and oxygen atoms in total. The SMILES string of the molecule is CCCC(CCC)Nc1ccccc1OCC. The van der Waals surface area contributed by atoms with Gasteiger partial charge in [-0.15, -0.1) is 0 Å².